The molecule has 0 saturated heterocycles. The predicted molar refractivity (Wildman–Crippen MR) is 68.6 cm³/mol. The zero-order chi connectivity index (χ0) is 12.8. The van der Waals surface area contributed by atoms with E-state index in [1.54, 1.807) is 19.1 Å². The molecule has 0 bridgehead atoms. The second-order valence-electron chi connectivity index (χ2n) is 4.53. The number of halogens is 2. The van der Waals surface area contributed by atoms with Crippen LogP contribution in [0.1, 0.15) is 25.8 Å². The van der Waals surface area contributed by atoms with Crippen molar-refractivity contribution in [1.82, 2.24) is 5.32 Å². The minimum atomic E-state index is -0.357. The van der Waals surface area contributed by atoms with E-state index >= 15 is 0 Å². The van der Waals surface area contributed by atoms with E-state index in [0.29, 0.717) is 18.0 Å². The number of hydrogen-bond acceptors (Lipinski definition) is 2. The van der Waals surface area contributed by atoms with E-state index in [1.807, 2.05) is 6.92 Å². The van der Waals surface area contributed by atoms with Crippen molar-refractivity contribution in [2.45, 2.75) is 32.9 Å². The molecular formula is C13H19ClFNO. The Morgan fingerprint density at radius 3 is 2.76 bits per heavy atom. The molecular weight excluding hydrogens is 241 g/mol. The zero-order valence-electron chi connectivity index (χ0n) is 10.2. The topological polar surface area (TPSA) is 32.3 Å². The van der Waals surface area contributed by atoms with E-state index in [1.165, 1.54) is 6.07 Å². The van der Waals surface area contributed by atoms with Gasteiger partial charge in [0, 0.05) is 12.1 Å². The lowest BCUT2D eigenvalue weighted by Gasteiger charge is -2.14. The normalized spacial score (nSPS) is 14.6. The van der Waals surface area contributed by atoms with Gasteiger partial charge in [-0.2, -0.15) is 0 Å². The molecule has 0 radical (unpaired) electrons. The van der Waals surface area contributed by atoms with Gasteiger partial charge in [0.2, 0.25) is 0 Å². The largest absolute Gasteiger partial charge is 0.393 e. The minimum absolute atomic E-state index is 0.154. The van der Waals surface area contributed by atoms with Gasteiger partial charge < -0.3 is 10.4 Å². The fraction of sp³-hybridized carbons (Fsp3) is 0.538. The summed E-state index contributed by atoms with van der Waals surface area (Å²) in [5.41, 5.74) is 0.571. The summed E-state index contributed by atoms with van der Waals surface area (Å²) >= 11 is 5.69. The fourth-order valence-electron chi connectivity index (χ4n) is 1.80. The molecule has 0 aliphatic heterocycles. The SMILES string of the molecule is CC(O)CC(C)CNCc1cccc(Cl)c1F. The first-order valence-electron chi connectivity index (χ1n) is 5.82. The average molecular weight is 260 g/mol. The Balaban J connectivity index is 2.38. The lowest BCUT2D eigenvalue weighted by Crippen LogP contribution is -2.23. The maximum Gasteiger partial charge on any atom is 0.146 e. The van der Waals surface area contributed by atoms with E-state index < -0.39 is 0 Å². The molecule has 0 aliphatic rings. The first-order chi connectivity index (χ1) is 8.00. The van der Waals surface area contributed by atoms with E-state index in [0.717, 1.165) is 13.0 Å². The third kappa shape index (κ3) is 5.02. The molecule has 0 amide bonds. The number of nitrogens with one attached hydrogen (secondary N) is 1. The molecule has 0 fully saturated rings. The van der Waals surface area contributed by atoms with Crippen molar-refractivity contribution < 1.29 is 9.50 Å². The summed E-state index contributed by atoms with van der Waals surface area (Å²) in [6.45, 7) is 5.02. The van der Waals surface area contributed by atoms with Gasteiger partial charge in [0.05, 0.1) is 11.1 Å². The number of hydrogen-bond donors (Lipinski definition) is 2. The summed E-state index contributed by atoms with van der Waals surface area (Å²) in [6.07, 6.45) is 0.445. The van der Waals surface area contributed by atoms with Gasteiger partial charge in [-0.1, -0.05) is 30.7 Å². The van der Waals surface area contributed by atoms with Crippen LogP contribution < -0.4 is 5.32 Å². The van der Waals surface area contributed by atoms with Crippen LogP contribution in [0.15, 0.2) is 18.2 Å². The molecule has 0 saturated carbocycles. The molecule has 0 aliphatic carbocycles. The predicted octanol–water partition coefficient (Wildman–Crippen LogP) is 2.98. The van der Waals surface area contributed by atoms with Gasteiger partial charge >= 0.3 is 0 Å². The maximum absolute atomic E-state index is 13.5. The Labute approximate surface area is 107 Å². The quantitative estimate of drug-likeness (QED) is 0.823. The van der Waals surface area contributed by atoms with Crippen molar-refractivity contribution in [3.8, 4) is 0 Å². The van der Waals surface area contributed by atoms with Crippen molar-refractivity contribution in [2.75, 3.05) is 6.54 Å². The number of aliphatic hydroxyl groups excluding tert-OH is 1. The lowest BCUT2D eigenvalue weighted by atomic mass is 10.0. The van der Waals surface area contributed by atoms with Crippen molar-refractivity contribution in [3.63, 3.8) is 0 Å². The van der Waals surface area contributed by atoms with Crippen molar-refractivity contribution in [1.29, 1.82) is 0 Å². The standard InChI is InChI=1S/C13H19ClFNO/c1-9(6-10(2)17)7-16-8-11-4-3-5-12(14)13(11)15/h3-5,9-10,16-17H,6-8H2,1-2H3. The third-order valence-electron chi connectivity index (χ3n) is 2.58. The molecule has 2 N–H and O–H groups in total. The molecule has 2 nitrogen and oxygen atoms in total. The highest BCUT2D eigenvalue weighted by molar-refractivity contribution is 6.30. The first-order valence-corrected chi connectivity index (χ1v) is 6.20. The summed E-state index contributed by atoms with van der Waals surface area (Å²) in [7, 11) is 0. The van der Waals surface area contributed by atoms with E-state index in [4.69, 9.17) is 11.6 Å². The van der Waals surface area contributed by atoms with Crippen LogP contribution in [0.2, 0.25) is 5.02 Å². The van der Waals surface area contributed by atoms with Crippen molar-refractivity contribution in [2.24, 2.45) is 5.92 Å². The van der Waals surface area contributed by atoms with Crippen LogP contribution in [0.25, 0.3) is 0 Å². The number of aliphatic hydroxyl groups is 1. The highest BCUT2D eigenvalue weighted by Crippen LogP contribution is 2.17. The van der Waals surface area contributed by atoms with Gasteiger partial charge in [0.25, 0.3) is 0 Å². The molecule has 0 heterocycles. The molecule has 96 valence electrons. The van der Waals surface area contributed by atoms with Crippen molar-refractivity contribution >= 4 is 11.6 Å². The Morgan fingerprint density at radius 1 is 1.41 bits per heavy atom. The Bertz CT molecular complexity index is 357. The van der Waals surface area contributed by atoms with E-state index in [9.17, 15) is 9.50 Å². The highest BCUT2D eigenvalue weighted by atomic mass is 35.5. The number of rotatable bonds is 6. The smallest absolute Gasteiger partial charge is 0.146 e. The van der Waals surface area contributed by atoms with Crippen LogP contribution >= 0.6 is 11.6 Å². The van der Waals surface area contributed by atoms with Crippen LogP contribution in [0, 0.1) is 11.7 Å². The van der Waals surface area contributed by atoms with E-state index in [-0.39, 0.29) is 16.9 Å². The Morgan fingerprint density at radius 2 is 2.12 bits per heavy atom. The highest BCUT2D eigenvalue weighted by Gasteiger charge is 2.08. The summed E-state index contributed by atoms with van der Waals surface area (Å²) in [5, 5.41) is 12.5. The monoisotopic (exact) mass is 259 g/mol. The summed E-state index contributed by atoms with van der Waals surface area (Å²) in [6, 6.07) is 4.99. The summed E-state index contributed by atoms with van der Waals surface area (Å²) in [5.74, 6) is 0.00194. The van der Waals surface area contributed by atoms with Crippen LogP contribution in [0.5, 0.6) is 0 Å². The molecule has 1 rings (SSSR count). The Kier molecular flexibility index (Phi) is 5.89. The Hall–Kier alpha value is -0.640. The fourth-order valence-corrected chi connectivity index (χ4v) is 2.00. The van der Waals surface area contributed by atoms with Crippen LogP contribution in [0.4, 0.5) is 4.39 Å². The molecule has 0 aromatic heterocycles. The maximum atomic E-state index is 13.5. The van der Waals surface area contributed by atoms with Gasteiger partial charge in [-0.25, -0.2) is 4.39 Å². The second-order valence-corrected chi connectivity index (χ2v) is 4.94. The average Bonchev–Trinajstić information content (AvgIpc) is 2.23. The lowest BCUT2D eigenvalue weighted by molar-refractivity contribution is 0.163. The van der Waals surface area contributed by atoms with Crippen LogP contribution in [0.3, 0.4) is 0 Å². The van der Waals surface area contributed by atoms with Gasteiger partial charge in [-0.05, 0) is 31.9 Å². The minimum Gasteiger partial charge on any atom is -0.393 e. The number of benzene rings is 1. The molecule has 0 spiro atoms. The molecule has 2 atom stereocenters. The molecule has 2 unspecified atom stereocenters. The van der Waals surface area contributed by atoms with E-state index in [2.05, 4.69) is 5.32 Å². The summed E-state index contributed by atoms with van der Waals surface area (Å²) in [4.78, 5) is 0. The second kappa shape index (κ2) is 6.94. The van der Waals surface area contributed by atoms with Gasteiger partial charge in [0.1, 0.15) is 5.82 Å². The van der Waals surface area contributed by atoms with Crippen LogP contribution in [-0.4, -0.2) is 17.8 Å². The third-order valence-corrected chi connectivity index (χ3v) is 2.88. The first kappa shape index (κ1) is 14.4. The summed E-state index contributed by atoms with van der Waals surface area (Å²) < 4.78 is 13.5. The van der Waals surface area contributed by atoms with Crippen molar-refractivity contribution in [3.05, 3.63) is 34.6 Å². The van der Waals surface area contributed by atoms with Gasteiger partial charge in [-0.3, -0.25) is 0 Å². The van der Waals surface area contributed by atoms with Gasteiger partial charge in [-0.15, -0.1) is 0 Å². The molecule has 4 heteroatoms. The zero-order valence-corrected chi connectivity index (χ0v) is 11.0. The van der Waals surface area contributed by atoms with Gasteiger partial charge in [0.15, 0.2) is 0 Å². The molecule has 1 aromatic rings. The molecule has 17 heavy (non-hydrogen) atoms. The molecule has 1 aromatic carbocycles. The van der Waals surface area contributed by atoms with Crippen LogP contribution in [-0.2, 0) is 6.54 Å².